The number of amides is 1. The Labute approximate surface area is 168 Å². The second-order valence-electron chi connectivity index (χ2n) is 5.71. The summed E-state index contributed by atoms with van der Waals surface area (Å²) in [6, 6.07) is 6.32. The molecule has 0 fully saturated rings. The molecule has 3 N–H and O–H groups in total. The van der Waals surface area contributed by atoms with Crippen LogP contribution in [0, 0.1) is 11.3 Å². The number of aliphatic carboxylic acids is 1. The number of hydrogen-bond acceptors (Lipinski definition) is 7. The molecule has 1 atom stereocenters. The van der Waals surface area contributed by atoms with Crippen LogP contribution in [0.4, 0.5) is 0 Å². The molecule has 8 nitrogen and oxygen atoms in total. The average Bonchev–Trinajstić information content (AvgIpc) is 2.70. The lowest BCUT2D eigenvalue weighted by Gasteiger charge is -2.13. The van der Waals surface area contributed by atoms with Crippen LogP contribution in [-0.2, 0) is 16.0 Å². The molecule has 1 aromatic carbocycles. The highest BCUT2D eigenvalue weighted by atomic mass is 32.2. The van der Waals surface area contributed by atoms with Crippen LogP contribution in [0.15, 0.2) is 30.0 Å². The molecule has 1 rings (SSSR count). The van der Waals surface area contributed by atoms with Gasteiger partial charge in [-0.25, -0.2) is 4.79 Å². The van der Waals surface area contributed by atoms with Crippen molar-refractivity contribution in [2.24, 2.45) is 0 Å². The fraction of sp³-hybridized carbons (Fsp3) is 0.421. The summed E-state index contributed by atoms with van der Waals surface area (Å²) < 4.78 is 10.4. The summed E-state index contributed by atoms with van der Waals surface area (Å²) in [4.78, 5) is 23.3. The van der Waals surface area contributed by atoms with Crippen LogP contribution in [0.2, 0.25) is 0 Å². The van der Waals surface area contributed by atoms with Gasteiger partial charge in [-0.3, -0.25) is 4.79 Å². The minimum atomic E-state index is -1.12. The molecule has 1 unspecified atom stereocenters. The first-order valence-electron chi connectivity index (χ1n) is 8.54. The fourth-order valence-electron chi connectivity index (χ4n) is 2.30. The van der Waals surface area contributed by atoms with E-state index >= 15 is 0 Å². The maximum absolute atomic E-state index is 12.1. The Balaban J connectivity index is 2.62. The highest BCUT2D eigenvalue weighted by Crippen LogP contribution is 2.27. The number of carboxylic acid groups (broad SMARTS) is 1. The van der Waals surface area contributed by atoms with E-state index in [1.54, 1.807) is 26.4 Å². The molecule has 0 saturated heterocycles. The molecule has 0 aromatic heterocycles. The Morgan fingerprint density at radius 1 is 1.32 bits per heavy atom. The first-order valence-corrected chi connectivity index (χ1v) is 9.93. The van der Waals surface area contributed by atoms with Gasteiger partial charge in [0.05, 0.1) is 14.2 Å². The van der Waals surface area contributed by atoms with Crippen molar-refractivity contribution in [2.75, 3.05) is 32.8 Å². The molecule has 0 heterocycles. The van der Waals surface area contributed by atoms with Crippen LogP contribution in [0.25, 0.3) is 0 Å². The highest BCUT2D eigenvalue weighted by Gasteiger charge is 2.21. The van der Waals surface area contributed by atoms with Gasteiger partial charge in [0.15, 0.2) is 11.5 Å². The standard InChI is InChI=1S/C19H25N3O5S/c1-26-16-5-4-13(10-17(16)27-2)6-8-21-12-14(11-20)18(23)22-15(19(24)25)7-9-28-3/h4-5,10,12,15,21H,6-9H2,1-3H3,(H,22,23)(H,24,25)/b14-12-. The summed E-state index contributed by atoms with van der Waals surface area (Å²) >= 11 is 1.48. The van der Waals surface area contributed by atoms with E-state index in [4.69, 9.17) is 19.8 Å². The molecule has 1 amide bonds. The maximum Gasteiger partial charge on any atom is 0.326 e. The maximum atomic E-state index is 12.1. The van der Waals surface area contributed by atoms with Crippen molar-refractivity contribution >= 4 is 23.6 Å². The first kappa shape index (κ1) is 23.2. The van der Waals surface area contributed by atoms with Crippen molar-refractivity contribution in [3.05, 3.63) is 35.5 Å². The van der Waals surface area contributed by atoms with Gasteiger partial charge in [-0.2, -0.15) is 17.0 Å². The van der Waals surface area contributed by atoms with Gasteiger partial charge in [0.1, 0.15) is 17.7 Å². The third-order valence-electron chi connectivity index (χ3n) is 3.83. The van der Waals surface area contributed by atoms with E-state index in [0.717, 1.165) is 5.56 Å². The number of methoxy groups -OCH3 is 2. The monoisotopic (exact) mass is 407 g/mol. The van der Waals surface area contributed by atoms with Crippen LogP contribution in [0.3, 0.4) is 0 Å². The second kappa shape index (κ2) is 12.5. The molecule has 0 aliphatic carbocycles. The van der Waals surface area contributed by atoms with Crippen LogP contribution < -0.4 is 20.1 Å². The number of benzene rings is 1. The van der Waals surface area contributed by atoms with E-state index in [2.05, 4.69) is 10.6 Å². The first-order chi connectivity index (χ1) is 13.5. The van der Waals surface area contributed by atoms with Gasteiger partial charge in [0.2, 0.25) is 0 Å². The highest BCUT2D eigenvalue weighted by molar-refractivity contribution is 7.98. The number of carbonyl (C=O) groups excluding carboxylic acids is 1. The Hall–Kier alpha value is -2.86. The number of rotatable bonds is 12. The lowest BCUT2D eigenvalue weighted by molar-refractivity contribution is -0.141. The number of nitrogens with zero attached hydrogens (tertiary/aromatic N) is 1. The Morgan fingerprint density at radius 2 is 2.04 bits per heavy atom. The topological polar surface area (TPSA) is 121 Å². The largest absolute Gasteiger partial charge is 0.493 e. The van der Waals surface area contributed by atoms with E-state index in [1.165, 1.54) is 18.0 Å². The van der Waals surface area contributed by atoms with E-state index in [1.807, 2.05) is 18.4 Å². The van der Waals surface area contributed by atoms with Gasteiger partial charge in [-0.05, 0) is 42.5 Å². The summed E-state index contributed by atoms with van der Waals surface area (Å²) in [5.41, 5.74) is 0.812. The summed E-state index contributed by atoms with van der Waals surface area (Å²) in [5.74, 6) is 0.0113. The summed E-state index contributed by atoms with van der Waals surface area (Å²) in [5, 5.41) is 23.6. The van der Waals surface area contributed by atoms with Crippen molar-refractivity contribution in [3.8, 4) is 17.6 Å². The minimum Gasteiger partial charge on any atom is -0.493 e. The third-order valence-corrected chi connectivity index (χ3v) is 4.48. The number of ether oxygens (including phenoxy) is 2. The molecular formula is C19H25N3O5S. The van der Waals surface area contributed by atoms with Crippen LogP contribution in [0.1, 0.15) is 12.0 Å². The number of hydrogen-bond donors (Lipinski definition) is 3. The second-order valence-corrected chi connectivity index (χ2v) is 6.69. The van der Waals surface area contributed by atoms with Gasteiger partial charge >= 0.3 is 5.97 Å². The fourth-order valence-corrected chi connectivity index (χ4v) is 2.78. The molecule has 9 heteroatoms. The number of nitrogens with one attached hydrogen (secondary N) is 2. The average molecular weight is 407 g/mol. The summed E-state index contributed by atoms with van der Waals surface area (Å²) in [6.45, 7) is 0.475. The Bertz CT molecular complexity index is 746. The van der Waals surface area contributed by atoms with Gasteiger partial charge in [0.25, 0.3) is 5.91 Å². The van der Waals surface area contributed by atoms with Crippen molar-refractivity contribution in [2.45, 2.75) is 18.9 Å². The van der Waals surface area contributed by atoms with Gasteiger partial charge in [0, 0.05) is 12.7 Å². The molecule has 0 saturated carbocycles. The van der Waals surface area contributed by atoms with Crippen molar-refractivity contribution < 1.29 is 24.2 Å². The molecule has 0 aliphatic heterocycles. The molecule has 0 bridgehead atoms. The molecule has 28 heavy (non-hydrogen) atoms. The van der Waals surface area contributed by atoms with Crippen LogP contribution in [-0.4, -0.2) is 55.8 Å². The van der Waals surface area contributed by atoms with Gasteiger partial charge in [-0.15, -0.1) is 0 Å². The quantitative estimate of drug-likeness (QED) is 0.271. The predicted octanol–water partition coefficient (Wildman–Crippen LogP) is 1.57. The number of thioether (sulfide) groups is 1. The normalized spacial score (nSPS) is 11.9. The zero-order valence-electron chi connectivity index (χ0n) is 16.2. The molecule has 0 radical (unpaired) electrons. The van der Waals surface area contributed by atoms with Gasteiger partial charge < -0.3 is 25.2 Å². The van der Waals surface area contributed by atoms with E-state index in [0.29, 0.717) is 30.2 Å². The van der Waals surface area contributed by atoms with Gasteiger partial charge in [-0.1, -0.05) is 6.07 Å². The molecule has 152 valence electrons. The van der Waals surface area contributed by atoms with E-state index < -0.39 is 17.9 Å². The van der Waals surface area contributed by atoms with Crippen LogP contribution in [0.5, 0.6) is 11.5 Å². The zero-order valence-corrected chi connectivity index (χ0v) is 17.0. The summed E-state index contributed by atoms with van der Waals surface area (Å²) in [6.07, 6.45) is 4.06. The molecule has 0 aliphatic rings. The third kappa shape index (κ3) is 7.40. The smallest absolute Gasteiger partial charge is 0.326 e. The number of nitriles is 1. The predicted molar refractivity (Wildman–Crippen MR) is 108 cm³/mol. The van der Waals surface area contributed by atoms with Crippen molar-refractivity contribution in [1.29, 1.82) is 5.26 Å². The van der Waals surface area contributed by atoms with Crippen LogP contribution >= 0.6 is 11.8 Å². The SMILES string of the molecule is COc1ccc(CCN/C=C(/C#N)C(=O)NC(CCSC)C(=O)O)cc1OC. The zero-order chi connectivity index (χ0) is 20.9. The molecule has 1 aromatic rings. The lowest BCUT2D eigenvalue weighted by Crippen LogP contribution is -2.41. The summed E-state index contributed by atoms with van der Waals surface area (Å²) in [7, 11) is 3.12. The van der Waals surface area contributed by atoms with E-state index in [9.17, 15) is 9.59 Å². The molecular weight excluding hydrogens is 382 g/mol. The number of carbonyl (C=O) groups is 2. The lowest BCUT2D eigenvalue weighted by atomic mass is 10.1. The Morgan fingerprint density at radius 3 is 2.61 bits per heavy atom. The van der Waals surface area contributed by atoms with Crippen molar-refractivity contribution in [1.82, 2.24) is 10.6 Å². The Kier molecular flexibility index (Phi) is 10.4. The molecule has 0 spiro atoms. The van der Waals surface area contributed by atoms with Crippen molar-refractivity contribution in [3.63, 3.8) is 0 Å². The van der Waals surface area contributed by atoms with E-state index in [-0.39, 0.29) is 12.0 Å². The number of carboxylic acids is 1. The minimum absolute atomic E-state index is 0.178.